The number of benzene rings is 1. The smallest absolute Gasteiger partial charge is 0.0453 e. The average Bonchev–Trinajstić information content (AvgIpc) is 2.40. The molecule has 0 heterocycles. The van der Waals surface area contributed by atoms with Crippen molar-refractivity contribution in [3.8, 4) is 0 Å². The molecular weight excluding hydrogens is 242 g/mol. The van der Waals surface area contributed by atoms with Crippen LogP contribution < -0.4 is 5.32 Å². The maximum absolute atomic E-state index is 6.25. The summed E-state index contributed by atoms with van der Waals surface area (Å²) in [6.07, 6.45) is 6.98. The first-order valence-corrected chi connectivity index (χ1v) is 7.56. The largest absolute Gasteiger partial charge is 0.307 e. The van der Waals surface area contributed by atoms with Crippen LogP contribution >= 0.6 is 11.6 Å². The molecule has 100 valence electrons. The molecule has 1 fully saturated rings. The second-order valence-electron chi connectivity index (χ2n) is 5.60. The minimum atomic E-state index is 0.329. The maximum Gasteiger partial charge on any atom is 0.0453 e. The maximum atomic E-state index is 6.25. The van der Waals surface area contributed by atoms with Gasteiger partial charge in [0.25, 0.3) is 0 Å². The van der Waals surface area contributed by atoms with E-state index < -0.39 is 0 Å². The third-order valence-electron chi connectivity index (χ3n) is 4.24. The van der Waals surface area contributed by atoms with Crippen LogP contribution in [0.1, 0.15) is 57.6 Å². The zero-order chi connectivity index (χ0) is 13.0. The standard InChI is InChI=1S/C16H24ClN/c1-12(14-8-4-3-5-9-14)18-13(2)15-10-6-7-11-16(15)17/h6-7,10-14,18H,3-5,8-9H2,1-2H3/t12-,13?/m1/s1. The van der Waals surface area contributed by atoms with E-state index in [4.69, 9.17) is 11.6 Å². The molecule has 0 amide bonds. The monoisotopic (exact) mass is 265 g/mol. The van der Waals surface area contributed by atoms with Gasteiger partial charge in [-0.1, -0.05) is 49.1 Å². The van der Waals surface area contributed by atoms with Crippen molar-refractivity contribution in [2.45, 2.75) is 58.0 Å². The molecule has 2 heteroatoms. The lowest BCUT2D eigenvalue weighted by Gasteiger charge is -2.31. The van der Waals surface area contributed by atoms with E-state index >= 15 is 0 Å². The van der Waals surface area contributed by atoms with Crippen LogP contribution in [0.15, 0.2) is 24.3 Å². The van der Waals surface area contributed by atoms with Crippen LogP contribution in [0.25, 0.3) is 0 Å². The third kappa shape index (κ3) is 3.49. The van der Waals surface area contributed by atoms with Crippen molar-refractivity contribution in [2.75, 3.05) is 0 Å². The van der Waals surface area contributed by atoms with Gasteiger partial charge in [0.05, 0.1) is 0 Å². The molecule has 1 unspecified atom stereocenters. The van der Waals surface area contributed by atoms with E-state index in [0.717, 1.165) is 10.9 Å². The van der Waals surface area contributed by atoms with Gasteiger partial charge in [-0.15, -0.1) is 0 Å². The highest BCUT2D eigenvalue weighted by Gasteiger charge is 2.21. The summed E-state index contributed by atoms with van der Waals surface area (Å²) in [6, 6.07) is 9.05. The minimum Gasteiger partial charge on any atom is -0.307 e. The van der Waals surface area contributed by atoms with Gasteiger partial charge < -0.3 is 5.32 Å². The van der Waals surface area contributed by atoms with Crippen LogP contribution in [0.3, 0.4) is 0 Å². The van der Waals surface area contributed by atoms with Crippen molar-refractivity contribution in [3.05, 3.63) is 34.9 Å². The van der Waals surface area contributed by atoms with Crippen molar-refractivity contribution in [2.24, 2.45) is 5.92 Å². The fourth-order valence-electron chi connectivity index (χ4n) is 3.08. The molecule has 0 radical (unpaired) electrons. The summed E-state index contributed by atoms with van der Waals surface area (Å²) in [7, 11) is 0. The Labute approximate surface area is 116 Å². The SMILES string of the molecule is CC(N[C@H](C)C1CCCCC1)c1ccccc1Cl. The predicted molar refractivity (Wildman–Crippen MR) is 79.0 cm³/mol. The number of rotatable bonds is 4. The van der Waals surface area contributed by atoms with E-state index in [1.54, 1.807) is 0 Å². The van der Waals surface area contributed by atoms with E-state index in [1.807, 2.05) is 12.1 Å². The molecule has 18 heavy (non-hydrogen) atoms. The van der Waals surface area contributed by atoms with E-state index in [1.165, 1.54) is 37.7 Å². The summed E-state index contributed by atoms with van der Waals surface area (Å²) in [5, 5.41) is 4.59. The zero-order valence-electron chi connectivity index (χ0n) is 11.5. The van der Waals surface area contributed by atoms with E-state index in [0.29, 0.717) is 12.1 Å². The molecule has 0 aromatic heterocycles. The molecule has 1 aliphatic rings. The Morgan fingerprint density at radius 1 is 1.11 bits per heavy atom. The van der Waals surface area contributed by atoms with Gasteiger partial charge in [0.1, 0.15) is 0 Å². The van der Waals surface area contributed by atoms with Gasteiger partial charge >= 0.3 is 0 Å². The molecule has 1 saturated carbocycles. The summed E-state index contributed by atoms with van der Waals surface area (Å²) in [6.45, 7) is 4.53. The first-order valence-electron chi connectivity index (χ1n) is 7.19. The van der Waals surface area contributed by atoms with Gasteiger partial charge in [0, 0.05) is 17.1 Å². The molecule has 1 N–H and O–H groups in total. The molecule has 1 aromatic carbocycles. The van der Waals surface area contributed by atoms with E-state index in [2.05, 4.69) is 31.3 Å². The van der Waals surface area contributed by atoms with Gasteiger partial charge in [0.15, 0.2) is 0 Å². The Balaban J connectivity index is 1.94. The second kappa shape index (κ2) is 6.58. The molecule has 0 saturated heterocycles. The first-order chi connectivity index (χ1) is 8.68. The fraction of sp³-hybridized carbons (Fsp3) is 0.625. The van der Waals surface area contributed by atoms with Crippen molar-refractivity contribution in [1.82, 2.24) is 5.32 Å². The Morgan fingerprint density at radius 3 is 2.44 bits per heavy atom. The highest BCUT2D eigenvalue weighted by molar-refractivity contribution is 6.31. The number of nitrogens with one attached hydrogen (secondary N) is 1. The molecule has 0 bridgehead atoms. The van der Waals surface area contributed by atoms with Crippen LogP contribution in [0.5, 0.6) is 0 Å². The topological polar surface area (TPSA) is 12.0 Å². The summed E-state index contributed by atoms with van der Waals surface area (Å²) in [5.74, 6) is 0.837. The quantitative estimate of drug-likeness (QED) is 0.811. The summed E-state index contributed by atoms with van der Waals surface area (Å²) in [4.78, 5) is 0. The van der Waals surface area contributed by atoms with Gasteiger partial charge in [-0.3, -0.25) is 0 Å². The summed E-state index contributed by atoms with van der Waals surface area (Å²) < 4.78 is 0. The molecule has 2 atom stereocenters. The van der Waals surface area contributed by atoms with Gasteiger partial charge in [-0.2, -0.15) is 0 Å². The Hall–Kier alpha value is -0.530. The lowest BCUT2D eigenvalue weighted by molar-refractivity contribution is 0.268. The molecule has 0 spiro atoms. The van der Waals surface area contributed by atoms with Crippen LogP contribution in [-0.2, 0) is 0 Å². The van der Waals surface area contributed by atoms with Crippen LogP contribution in [0.4, 0.5) is 0 Å². The lowest BCUT2D eigenvalue weighted by Crippen LogP contribution is -2.36. The minimum absolute atomic E-state index is 0.329. The lowest BCUT2D eigenvalue weighted by atomic mass is 9.84. The van der Waals surface area contributed by atoms with Crippen LogP contribution in [-0.4, -0.2) is 6.04 Å². The predicted octanol–water partition coefficient (Wildman–Crippen LogP) is 4.96. The fourth-order valence-corrected chi connectivity index (χ4v) is 3.38. The molecule has 1 aliphatic carbocycles. The summed E-state index contributed by atoms with van der Waals surface area (Å²) >= 11 is 6.25. The van der Waals surface area contributed by atoms with E-state index in [-0.39, 0.29) is 0 Å². The van der Waals surface area contributed by atoms with Gasteiger partial charge in [0.2, 0.25) is 0 Å². The molecule has 2 rings (SSSR count). The molecule has 1 nitrogen and oxygen atoms in total. The van der Waals surface area contributed by atoms with Gasteiger partial charge in [-0.05, 0) is 44.2 Å². The van der Waals surface area contributed by atoms with Gasteiger partial charge in [-0.25, -0.2) is 0 Å². The van der Waals surface area contributed by atoms with Crippen molar-refractivity contribution in [3.63, 3.8) is 0 Å². The van der Waals surface area contributed by atoms with Crippen LogP contribution in [0.2, 0.25) is 5.02 Å². The van der Waals surface area contributed by atoms with Crippen LogP contribution in [0, 0.1) is 5.92 Å². The Bertz CT molecular complexity index is 371. The third-order valence-corrected chi connectivity index (χ3v) is 4.59. The molecule has 1 aromatic rings. The highest BCUT2D eigenvalue weighted by atomic mass is 35.5. The number of hydrogen-bond donors (Lipinski definition) is 1. The Kier molecular flexibility index (Phi) is 5.08. The first kappa shape index (κ1) is 13.9. The summed E-state index contributed by atoms with van der Waals surface area (Å²) in [5.41, 5.74) is 1.21. The zero-order valence-corrected chi connectivity index (χ0v) is 12.2. The van der Waals surface area contributed by atoms with E-state index in [9.17, 15) is 0 Å². The Morgan fingerprint density at radius 2 is 1.78 bits per heavy atom. The molecule has 0 aliphatic heterocycles. The van der Waals surface area contributed by atoms with Crippen molar-refractivity contribution in [1.29, 1.82) is 0 Å². The normalized spacial score (nSPS) is 20.6. The highest BCUT2D eigenvalue weighted by Crippen LogP contribution is 2.29. The second-order valence-corrected chi connectivity index (χ2v) is 6.00. The van der Waals surface area contributed by atoms with Crippen molar-refractivity contribution < 1.29 is 0 Å². The molecular formula is C16H24ClN. The number of hydrogen-bond acceptors (Lipinski definition) is 1. The number of halogens is 1. The van der Waals surface area contributed by atoms with Crippen molar-refractivity contribution >= 4 is 11.6 Å². The average molecular weight is 266 g/mol.